The Hall–Kier alpha value is -3.24. The Morgan fingerprint density at radius 1 is 1.23 bits per heavy atom. The summed E-state index contributed by atoms with van der Waals surface area (Å²) in [5, 5.41) is 12.8. The summed E-state index contributed by atoms with van der Waals surface area (Å²) in [5.41, 5.74) is 3.02. The summed E-state index contributed by atoms with van der Waals surface area (Å²) >= 11 is 0. The number of anilines is 1. The van der Waals surface area contributed by atoms with Gasteiger partial charge in [-0.25, -0.2) is 4.39 Å². The molecule has 4 aliphatic rings. The molecule has 0 saturated heterocycles. The fourth-order valence-electron chi connectivity index (χ4n) is 8.06. The van der Waals surface area contributed by atoms with Crippen LogP contribution in [0.3, 0.4) is 0 Å². The number of ketones is 2. The quantitative estimate of drug-likeness (QED) is 0.422. The number of nitrogens with one attached hydrogen (secondary N) is 1. The third-order valence-electron chi connectivity index (χ3n) is 9.81. The number of alkyl halides is 1. The zero-order chi connectivity index (χ0) is 27.9. The van der Waals surface area contributed by atoms with Crippen LogP contribution in [-0.2, 0) is 19.1 Å². The van der Waals surface area contributed by atoms with Gasteiger partial charge in [0.25, 0.3) is 0 Å². The van der Waals surface area contributed by atoms with E-state index in [1.165, 1.54) is 18.6 Å². The van der Waals surface area contributed by atoms with E-state index >= 15 is 4.39 Å². The molecule has 0 radical (unpaired) electrons. The topological polar surface area (TPSA) is 92.7 Å². The predicted octanol–water partition coefficient (Wildman–Crippen LogP) is 4.69. The first-order valence-corrected chi connectivity index (χ1v) is 13.8. The van der Waals surface area contributed by atoms with E-state index in [1.807, 2.05) is 19.2 Å². The maximum Gasteiger partial charge on any atom is 0.303 e. The highest BCUT2D eigenvalue weighted by atomic mass is 19.1. The van der Waals surface area contributed by atoms with Gasteiger partial charge >= 0.3 is 5.97 Å². The van der Waals surface area contributed by atoms with Crippen LogP contribution < -0.4 is 5.32 Å². The lowest BCUT2D eigenvalue weighted by Crippen LogP contribution is -2.52. The highest BCUT2D eigenvalue weighted by Gasteiger charge is 2.66. The lowest BCUT2D eigenvalue weighted by Gasteiger charge is -2.55. The number of rotatable bonds is 5. The summed E-state index contributed by atoms with van der Waals surface area (Å²) in [6, 6.07) is 8.21. The highest BCUT2D eigenvalue weighted by Crippen LogP contribution is 2.69. The minimum atomic E-state index is -1.23. The van der Waals surface area contributed by atoms with Crippen molar-refractivity contribution >= 4 is 23.2 Å². The van der Waals surface area contributed by atoms with Crippen molar-refractivity contribution in [2.75, 3.05) is 25.6 Å². The Morgan fingerprint density at radius 2 is 1.97 bits per heavy atom. The highest BCUT2D eigenvalue weighted by molar-refractivity contribution is 5.93. The molecule has 0 heterocycles. The lowest BCUT2D eigenvalue weighted by atomic mass is 9.48. The van der Waals surface area contributed by atoms with E-state index in [0.29, 0.717) is 37.7 Å². The van der Waals surface area contributed by atoms with Crippen LogP contribution in [0.4, 0.5) is 10.1 Å². The molecule has 0 bridgehead atoms. The van der Waals surface area contributed by atoms with Crippen molar-refractivity contribution in [1.29, 1.82) is 0 Å². The Bertz CT molecular complexity index is 1320. The number of hydrogen-bond acceptors (Lipinski definition) is 6. The zero-order valence-electron chi connectivity index (χ0n) is 22.8. The van der Waals surface area contributed by atoms with Crippen molar-refractivity contribution < 1.29 is 28.6 Å². The summed E-state index contributed by atoms with van der Waals surface area (Å²) in [4.78, 5) is 37.7. The number of hydrogen-bond donors (Lipinski definition) is 2. The van der Waals surface area contributed by atoms with Crippen LogP contribution in [0.25, 0.3) is 0 Å². The van der Waals surface area contributed by atoms with Gasteiger partial charge < -0.3 is 15.2 Å². The smallest absolute Gasteiger partial charge is 0.303 e. The van der Waals surface area contributed by atoms with Gasteiger partial charge in [0.2, 0.25) is 0 Å². The molecule has 2 fully saturated rings. The molecule has 0 aromatic heterocycles. The molecular formula is C32H36FNO5. The van der Waals surface area contributed by atoms with E-state index < -0.39 is 23.0 Å². The van der Waals surface area contributed by atoms with E-state index in [2.05, 4.69) is 36.2 Å². The Kier molecular flexibility index (Phi) is 7.28. The summed E-state index contributed by atoms with van der Waals surface area (Å²) in [7, 11) is 1.86. The van der Waals surface area contributed by atoms with Crippen molar-refractivity contribution in [3.05, 3.63) is 52.6 Å². The lowest BCUT2D eigenvalue weighted by molar-refractivity contribution is -0.150. The number of esters is 1. The molecule has 2 saturated carbocycles. The predicted molar refractivity (Wildman–Crippen MR) is 145 cm³/mol. The van der Waals surface area contributed by atoms with Gasteiger partial charge in [-0.05, 0) is 84.3 Å². The molecule has 6 atom stereocenters. The fourth-order valence-corrected chi connectivity index (χ4v) is 8.06. The molecule has 206 valence electrons. The number of carbonyl (C=O) groups excluding carboxylic acids is 3. The van der Waals surface area contributed by atoms with Crippen molar-refractivity contribution in [2.24, 2.45) is 22.7 Å². The minimum absolute atomic E-state index is 0.0143. The number of halogens is 1. The number of Topliss-reactive ketones (excluding diaryl/α,β-unsaturated/α-hetero) is 1. The van der Waals surface area contributed by atoms with Gasteiger partial charge in [0.15, 0.2) is 18.2 Å². The van der Waals surface area contributed by atoms with Gasteiger partial charge in [0, 0.05) is 32.0 Å². The van der Waals surface area contributed by atoms with Crippen LogP contribution in [0.15, 0.2) is 47.1 Å². The molecule has 39 heavy (non-hydrogen) atoms. The number of allylic oxidation sites excluding steroid dienone is 4. The number of aliphatic hydroxyl groups is 1. The van der Waals surface area contributed by atoms with Crippen molar-refractivity contribution in [2.45, 2.75) is 64.5 Å². The Labute approximate surface area is 229 Å². The summed E-state index contributed by atoms with van der Waals surface area (Å²) in [6.07, 6.45) is 3.21. The van der Waals surface area contributed by atoms with Crippen LogP contribution in [-0.4, -0.2) is 49.1 Å². The first-order valence-electron chi connectivity index (χ1n) is 13.8. The third-order valence-corrected chi connectivity index (χ3v) is 9.81. The molecule has 7 heteroatoms. The molecule has 2 N–H and O–H groups in total. The van der Waals surface area contributed by atoms with E-state index in [0.717, 1.165) is 16.8 Å². The molecule has 0 amide bonds. The number of carbonyl (C=O) groups is 3. The summed E-state index contributed by atoms with van der Waals surface area (Å²) < 4.78 is 20.9. The fraction of sp³-hybridized carbons (Fsp3) is 0.531. The first kappa shape index (κ1) is 27.3. The van der Waals surface area contributed by atoms with E-state index in [-0.39, 0.29) is 49.0 Å². The maximum atomic E-state index is 15.8. The van der Waals surface area contributed by atoms with Gasteiger partial charge in [-0.1, -0.05) is 36.5 Å². The zero-order valence-corrected chi connectivity index (χ0v) is 22.8. The first-order chi connectivity index (χ1) is 18.6. The second-order valence-electron chi connectivity index (χ2n) is 11.6. The van der Waals surface area contributed by atoms with Gasteiger partial charge in [-0.2, -0.15) is 0 Å². The normalized spacial score (nSPS) is 33.2. The average molecular weight is 534 g/mol. The second kappa shape index (κ2) is 10.4. The molecular weight excluding hydrogens is 497 g/mol. The summed E-state index contributed by atoms with van der Waals surface area (Å²) in [6.45, 7) is 2.60. The van der Waals surface area contributed by atoms with Crippen LogP contribution in [0, 0.1) is 34.5 Å². The Balaban J connectivity index is 1.69. The standard InChI is InChI=1S/C32H36FNO5/c1-19(36)39-18-29(38)32(12-4-14-35)13-11-27-25-16-28(33)24-15-22(37)9-10-23(24)30(25)26(17-31(27,32)2)20-5-7-21(34-3)8-6-20/h5-8,15,25-28,34-35H,9-11,13-14,16-18H2,1-3H3/t25-,26+,27-,28?,31-,32-/m0/s1. The van der Waals surface area contributed by atoms with Crippen molar-refractivity contribution in [1.82, 2.24) is 0 Å². The monoisotopic (exact) mass is 533 g/mol. The van der Waals surface area contributed by atoms with Crippen LogP contribution in [0.5, 0.6) is 0 Å². The summed E-state index contributed by atoms with van der Waals surface area (Å²) in [5.74, 6) is 4.88. The van der Waals surface area contributed by atoms with E-state index in [1.54, 1.807) is 0 Å². The van der Waals surface area contributed by atoms with Crippen LogP contribution in [0.1, 0.15) is 63.9 Å². The molecule has 1 aromatic rings. The number of aliphatic hydroxyl groups excluding tert-OH is 1. The molecule has 1 unspecified atom stereocenters. The second-order valence-corrected chi connectivity index (χ2v) is 11.6. The van der Waals surface area contributed by atoms with Gasteiger partial charge in [-0.15, -0.1) is 0 Å². The number of fused-ring (bicyclic) bond motifs is 4. The van der Waals surface area contributed by atoms with Gasteiger partial charge in [0.05, 0.1) is 5.41 Å². The number of ether oxygens (including phenoxy) is 1. The molecule has 0 spiro atoms. The molecule has 6 nitrogen and oxygen atoms in total. The van der Waals surface area contributed by atoms with Crippen molar-refractivity contribution in [3.8, 4) is 11.8 Å². The largest absolute Gasteiger partial charge is 0.458 e. The van der Waals surface area contributed by atoms with E-state index in [4.69, 9.17) is 4.74 Å². The molecule has 1 aromatic carbocycles. The Morgan fingerprint density at radius 3 is 2.64 bits per heavy atom. The molecule has 4 aliphatic carbocycles. The van der Waals surface area contributed by atoms with E-state index in [9.17, 15) is 19.5 Å². The van der Waals surface area contributed by atoms with Crippen LogP contribution >= 0.6 is 0 Å². The SMILES string of the molecule is CNc1ccc([C@H]2C[C@@]3(C)[C@@H](CC[C@@]3(C#CCO)C(=O)COC(C)=O)[C@@H]3CC(F)C4=CC(=O)CCC4=C32)cc1. The van der Waals surface area contributed by atoms with Crippen molar-refractivity contribution in [3.63, 3.8) is 0 Å². The minimum Gasteiger partial charge on any atom is -0.458 e. The third kappa shape index (κ3) is 4.43. The number of benzene rings is 1. The maximum absolute atomic E-state index is 15.8. The average Bonchev–Trinajstić information content (AvgIpc) is 3.23. The van der Waals surface area contributed by atoms with Gasteiger partial charge in [-0.3, -0.25) is 14.4 Å². The van der Waals surface area contributed by atoms with Crippen LogP contribution in [0.2, 0.25) is 0 Å². The molecule has 5 rings (SSSR count). The molecule has 0 aliphatic heterocycles. The van der Waals surface area contributed by atoms with Gasteiger partial charge in [0.1, 0.15) is 12.8 Å².